The van der Waals surface area contributed by atoms with E-state index in [-0.39, 0.29) is 12.4 Å². The van der Waals surface area contributed by atoms with Crippen molar-refractivity contribution in [2.45, 2.75) is 122 Å². The van der Waals surface area contributed by atoms with Crippen LogP contribution >= 0.6 is 0 Å². The van der Waals surface area contributed by atoms with Crippen molar-refractivity contribution in [2.75, 3.05) is 6.61 Å². The number of unbranched alkanes of at least 4 members (excludes halogenated alkanes) is 17. The Morgan fingerprint density at radius 2 is 0.968 bits per heavy atom. The third-order valence-corrected chi connectivity index (χ3v) is 6.52. The predicted molar refractivity (Wildman–Crippen MR) is 131 cm³/mol. The molecule has 31 heavy (non-hydrogen) atoms. The third kappa shape index (κ3) is 18.2. The highest BCUT2D eigenvalue weighted by molar-refractivity contribution is 7.82. The van der Waals surface area contributed by atoms with Gasteiger partial charge >= 0.3 is 10.4 Å². The molecule has 4 nitrogen and oxygen atoms in total. The molecular formula is C26H46O4S. The monoisotopic (exact) mass is 454 g/mol. The van der Waals surface area contributed by atoms with E-state index in [1.807, 2.05) is 0 Å². The summed E-state index contributed by atoms with van der Waals surface area (Å²) in [5, 5.41) is 0. The molecule has 0 unspecified atom stereocenters. The van der Waals surface area contributed by atoms with Crippen molar-refractivity contribution in [1.82, 2.24) is 0 Å². The zero-order valence-corrected chi connectivity index (χ0v) is 20.7. The quantitative estimate of drug-likeness (QED) is 0.165. The van der Waals surface area contributed by atoms with Crippen LogP contribution in [0, 0.1) is 0 Å². The molecular weight excluding hydrogens is 408 g/mol. The van der Waals surface area contributed by atoms with Crippen LogP contribution < -0.4 is 4.18 Å². The maximum absolute atomic E-state index is 11.7. The fourth-order valence-electron chi connectivity index (χ4n) is 3.78. The van der Waals surface area contributed by atoms with Gasteiger partial charge in [-0.3, -0.25) is 0 Å². The molecule has 1 aromatic carbocycles. The second-order valence-corrected chi connectivity index (χ2v) is 9.86. The third-order valence-electron chi connectivity index (χ3n) is 5.67. The van der Waals surface area contributed by atoms with Crippen molar-refractivity contribution in [2.24, 2.45) is 0 Å². The lowest BCUT2D eigenvalue weighted by molar-refractivity contribution is 0.265. The minimum Gasteiger partial charge on any atom is -0.362 e. The molecule has 0 saturated heterocycles. The largest absolute Gasteiger partial charge is 0.449 e. The van der Waals surface area contributed by atoms with Crippen LogP contribution in [-0.2, 0) is 14.6 Å². The minimum absolute atomic E-state index is 0.188. The van der Waals surface area contributed by atoms with Gasteiger partial charge in [0.15, 0.2) is 0 Å². The molecule has 1 aromatic rings. The summed E-state index contributed by atoms with van der Waals surface area (Å²) in [5.74, 6) is 0.278. The summed E-state index contributed by atoms with van der Waals surface area (Å²) in [5.41, 5.74) is 0. The summed E-state index contributed by atoms with van der Waals surface area (Å²) in [6, 6.07) is 8.44. The molecule has 0 fully saturated rings. The standard InChI is InChI=1S/C26H46O4S/c1-2-3-4-5-6-7-8-9-10-11-12-13-14-15-16-17-18-22-25-29-31(27,28)30-26-23-20-19-21-24-26/h19-21,23-24H,2-18,22,25H2,1H3. The zero-order chi connectivity index (χ0) is 22.5. The Kier molecular flexibility index (Phi) is 17.7. The molecule has 0 bridgehead atoms. The Labute approximate surface area is 192 Å². The molecule has 0 radical (unpaired) electrons. The van der Waals surface area contributed by atoms with Crippen LogP contribution in [0.5, 0.6) is 5.75 Å². The van der Waals surface area contributed by atoms with Gasteiger partial charge in [-0.25, -0.2) is 4.18 Å². The van der Waals surface area contributed by atoms with Crippen LogP contribution in [0.4, 0.5) is 0 Å². The highest BCUT2D eigenvalue weighted by Gasteiger charge is 2.12. The predicted octanol–water partition coefficient (Wildman–Crippen LogP) is 8.37. The number of hydrogen-bond acceptors (Lipinski definition) is 4. The molecule has 5 heteroatoms. The SMILES string of the molecule is CCCCCCCCCCCCCCCCCCCCOS(=O)(=O)Oc1ccccc1. The highest BCUT2D eigenvalue weighted by atomic mass is 32.3. The van der Waals surface area contributed by atoms with E-state index in [1.165, 1.54) is 96.3 Å². The first-order valence-electron chi connectivity index (χ1n) is 12.8. The zero-order valence-electron chi connectivity index (χ0n) is 19.9. The van der Waals surface area contributed by atoms with Gasteiger partial charge < -0.3 is 4.18 Å². The average Bonchev–Trinajstić information content (AvgIpc) is 2.75. The fraction of sp³-hybridized carbons (Fsp3) is 0.769. The molecule has 0 amide bonds. The van der Waals surface area contributed by atoms with Crippen molar-refractivity contribution < 1.29 is 16.8 Å². The maximum Gasteiger partial charge on any atom is 0.449 e. The molecule has 0 aliphatic rings. The van der Waals surface area contributed by atoms with Gasteiger partial charge in [-0.1, -0.05) is 134 Å². The van der Waals surface area contributed by atoms with E-state index in [9.17, 15) is 8.42 Å². The number of para-hydroxylation sites is 1. The molecule has 0 aliphatic heterocycles. The Balaban J connectivity index is 1.79. The van der Waals surface area contributed by atoms with E-state index in [0.29, 0.717) is 0 Å². The fourth-order valence-corrected chi connectivity index (χ4v) is 4.50. The van der Waals surface area contributed by atoms with Crippen molar-refractivity contribution in [3.63, 3.8) is 0 Å². The average molecular weight is 455 g/mol. The van der Waals surface area contributed by atoms with Gasteiger partial charge in [0.25, 0.3) is 0 Å². The maximum atomic E-state index is 11.7. The second-order valence-electron chi connectivity index (χ2n) is 8.64. The van der Waals surface area contributed by atoms with Crippen molar-refractivity contribution >= 4 is 10.4 Å². The summed E-state index contributed by atoms with van der Waals surface area (Å²) in [4.78, 5) is 0. The van der Waals surface area contributed by atoms with E-state index in [0.717, 1.165) is 19.3 Å². The normalized spacial score (nSPS) is 11.6. The smallest absolute Gasteiger partial charge is 0.362 e. The first kappa shape index (κ1) is 28.0. The van der Waals surface area contributed by atoms with Crippen LogP contribution in [0.25, 0.3) is 0 Å². The first-order valence-corrected chi connectivity index (χ1v) is 14.1. The van der Waals surface area contributed by atoms with Crippen LogP contribution in [0.15, 0.2) is 30.3 Å². The second kappa shape index (κ2) is 19.6. The summed E-state index contributed by atoms with van der Waals surface area (Å²) < 4.78 is 33.3. The van der Waals surface area contributed by atoms with E-state index < -0.39 is 10.4 Å². The topological polar surface area (TPSA) is 52.6 Å². The molecule has 0 atom stereocenters. The van der Waals surface area contributed by atoms with E-state index >= 15 is 0 Å². The van der Waals surface area contributed by atoms with Crippen molar-refractivity contribution in [3.8, 4) is 5.75 Å². The minimum atomic E-state index is -3.96. The summed E-state index contributed by atoms with van der Waals surface area (Å²) >= 11 is 0. The van der Waals surface area contributed by atoms with Gasteiger partial charge in [-0.2, -0.15) is 8.42 Å². The van der Waals surface area contributed by atoms with Gasteiger partial charge in [0.2, 0.25) is 0 Å². The van der Waals surface area contributed by atoms with Gasteiger partial charge in [0, 0.05) is 0 Å². The van der Waals surface area contributed by atoms with Gasteiger partial charge in [-0.05, 0) is 18.6 Å². The summed E-state index contributed by atoms with van der Waals surface area (Å²) in [6.07, 6.45) is 23.6. The molecule has 0 aromatic heterocycles. The Bertz CT molecular complexity index is 601. The van der Waals surface area contributed by atoms with Crippen LogP contribution in [0.1, 0.15) is 122 Å². The lowest BCUT2D eigenvalue weighted by Gasteiger charge is -2.07. The highest BCUT2D eigenvalue weighted by Crippen LogP contribution is 2.15. The lowest BCUT2D eigenvalue weighted by atomic mass is 10.0. The number of rotatable bonds is 22. The van der Waals surface area contributed by atoms with Crippen LogP contribution in [-0.4, -0.2) is 15.0 Å². The molecule has 0 heterocycles. The Morgan fingerprint density at radius 3 is 1.39 bits per heavy atom. The van der Waals surface area contributed by atoms with E-state index in [4.69, 9.17) is 8.37 Å². The molecule has 0 N–H and O–H groups in total. The van der Waals surface area contributed by atoms with Gasteiger partial charge in [0.1, 0.15) is 5.75 Å². The van der Waals surface area contributed by atoms with Crippen molar-refractivity contribution in [3.05, 3.63) is 30.3 Å². The van der Waals surface area contributed by atoms with Crippen LogP contribution in [0.2, 0.25) is 0 Å². The summed E-state index contributed by atoms with van der Waals surface area (Å²) in [7, 11) is -3.96. The van der Waals surface area contributed by atoms with Gasteiger partial charge in [0.05, 0.1) is 6.61 Å². The van der Waals surface area contributed by atoms with E-state index in [2.05, 4.69) is 6.92 Å². The molecule has 180 valence electrons. The van der Waals surface area contributed by atoms with Gasteiger partial charge in [-0.15, -0.1) is 0 Å². The Morgan fingerprint density at radius 1 is 0.581 bits per heavy atom. The molecule has 0 saturated carbocycles. The first-order chi connectivity index (χ1) is 15.1. The molecule has 0 aliphatic carbocycles. The lowest BCUT2D eigenvalue weighted by Crippen LogP contribution is -2.14. The molecule has 1 rings (SSSR count). The van der Waals surface area contributed by atoms with Crippen LogP contribution in [0.3, 0.4) is 0 Å². The number of benzene rings is 1. The van der Waals surface area contributed by atoms with E-state index in [1.54, 1.807) is 30.3 Å². The summed E-state index contributed by atoms with van der Waals surface area (Å²) in [6.45, 7) is 2.46. The van der Waals surface area contributed by atoms with Crippen molar-refractivity contribution in [1.29, 1.82) is 0 Å². The molecule has 0 spiro atoms. The Hall–Kier alpha value is -1.07. The number of hydrogen-bond donors (Lipinski definition) is 0.